The zero-order valence-electron chi connectivity index (χ0n) is 18.2. The highest BCUT2D eigenvalue weighted by molar-refractivity contribution is 5.94. The van der Waals surface area contributed by atoms with Crippen LogP contribution in [0.1, 0.15) is 39.5 Å². The van der Waals surface area contributed by atoms with Crippen molar-refractivity contribution in [3.8, 4) is 0 Å². The van der Waals surface area contributed by atoms with Gasteiger partial charge in [0.15, 0.2) is 5.96 Å². The van der Waals surface area contributed by atoms with Gasteiger partial charge in [0.2, 0.25) is 17.7 Å². The highest BCUT2D eigenvalue weighted by Gasteiger charge is 2.31. The summed E-state index contributed by atoms with van der Waals surface area (Å²) in [4.78, 5) is 62.8. The Balaban J connectivity index is 5.38. The lowest BCUT2D eigenvalue weighted by Crippen LogP contribution is -2.58. The van der Waals surface area contributed by atoms with Crippen molar-refractivity contribution in [1.29, 1.82) is 0 Å². The Kier molecular flexibility index (Phi) is 13.0. The minimum atomic E-state index is -1.36. The Labute approximate surface area is 185 Å². The number of carboxylic acids is 2. The molecule has 14 nitrogen and oxygen atoms in total. The summed E-state index contributed by atoms with van der Waals surface area (Å²) in [6, 6.07) is -3.58. The minimum absolute atomic E-state index is 0.0909. The summed E-state index contributed by atoms with van der Waals surface area (Å²) >= 11 is 0. The van der Waals surface area contributed by atoms with Gasteiger partial charge < -0.3 is 43.4 Å². The van der Waals surface area contributed by atoms with Gasteiger partial charge in [-0.2, -0.15) is 0 Å². The molecule has 0 fully saturated rings. The molecule has 0 radical (unpaired) electrons. The number of nitrogens with zero attached hydrogens (tertiary/aromatic N) is 1. The van der Waals surface area contributed by atoms with Gasteiger partial charge in [-0.25, -0.2) is 0 Å². The minimum Gasteiger partial charge on any atom is -0.481 e. The van der Waals surface area contributed by atoms with E-state index in [4.69, 9.17) is 27.4 Å². The average molecular weight is 460 g/mol. The van der Waals surface area contributed by atoms with Crippen molar-refractivity contribution in [3.63, 3.8) is 0 Å². The molecule has 0 aliphatic heterocycles. The molecular weight excluding hydrogens is 426 g/mol. The van der Waals surface area contributed by atoms with E-state index < -0.39 is 60.8 Å². The van der Waals surface area contributed by atoms with Gasteiger partial charge in [0, 0.05) is 6.54 Å². The Morgan fingerprint density at radius 1 is 0.969 bits per heavy atom. The maximum Gasteiger partial charge on any atom is 0.322 e. The number of nitrogens with two attached hydrogens (primary N) is 3. The number of carboxylic acid groups (broad SMARTS) is 2. The van der Waals surface area contributed by atoms with E-state index in [1.54, 1.807) is 13.8 Å². The highest BCUT2D eigenvalue weighted by atomic mass is 16.4. The third kappa shape index (κ3) is 11.7. The number of rotatable bonds is 15. The predicted octanol–water partition coefficient (Wildman–Crippen LogP) is -2.94. The van der Waals surface area contributed by atoms with Crippen LogP contribution in [0.25, 0.3) is 0 Å². The fraction of sp³-hybridized carbons (Fsp3) is 0.667. The SMILES string of the molecule is CCC(C)C(NC(=O)C(N)CC(=O)O)C(=O)NC(CCCN=C(N)N)C(=O)NCC(=O)O. The van der Waals surface area contributed by atoms with E-state index in [2.05, 4.69) is 20.9 Å². The number of amides is 3. The molecule has 11 N–H and O–H groups in total. The second-order valence-corrected chi connectivity index (χ2v) is 7.20. The van der Waals surface area contributed by atoms with E-state index in [1.807, 2.05) is 0 Å². The van der Waals surface area contributed by atoms with E-state index in [9.17, 15) is 24.0 Å². The maximum atomic E-state index is 12.9. The van der Waals surface area contributed by atoms with Crippen molar-refractivity contribution < 1.29 is 34.2 Å². The summed E-state index contributed by atoms with van der Waals surface area (Å²) in [5, 5.41) is 24.7. The first-order chi connectivity index (χ1) is 14.9. The van der Waals surface area contributed by atoms with Crippen molar-refractivity contribution in [3.05, 3.63) is 0 Å². The summed E-state index contributed by atoms with van der Waals surface area (Å²) in [7, 11) is 0. The van der Waals surface area contributed by atoms with E-state index in [1.165, 1.54) is 0 Å². The van der Waals surface area contributed by atoms with Gasteiger partial charge in [-0.05, 0) is 18.8 Å². The normalized spacial score (nSPS) is 14.2. The lowest BCUT2D eigenvalue weighted by atomic mass is 9.97. The van der Waals surface area contributed by atoms with Crippen LogP contribution in [0.5, 0.6) is 0 Å². The maximum absolute atomic E-state index is 12.9. The van der Waals surface area contributed by atoms with Crippen molar-refractivity contribution in [2.24, 2.45) is 28.1 Å². The number of aliphatic carboxylic acids is 2. The van der Waals surface area contributed by atoms with Crippen molar-refractivity contribution in [2.75, 3.05) is 13.1 Å². The molecule has 0 heterocycles. The second kappa shape index (κ2) is 14.6. The quantitative estimate of drug-likeness (QED) is 0.0702. The molecule has 0 aliphatic carbocycles. The van der Waals surface area contributed by atoms with Gasteiger partial charge in [0.1, 0.15) is 18.6 Å². The van der Waals surface area contributed by atoms with Crippen LogP contribution >= 0.6 is 0 Å². The molecule has 0 aliphatic rings. The molecule has 0 bridgehead atoms. The molecule has 0 spiro atoms. The van der Waals surface area contributed by atoms with Crippen molar-refractivity contribution in [2.45, 2.75) is 57.7 Å². The third-order valence-corrected chi connectivity index (χ3v) is 4.52. The molecule has 182 valence electrons. The van der Waals surface area contributed by atoms with Crippen molar-refractivity contribution in [1.82, 2.24) is 16.0 Å². The molecule has 0 aromatic rings. The van der Waals surface area contributed by atoms with Gasteiger partial charge in [-0.15, -0.1) is 0 Å². The Hall–Kier alpha value is -3.42. The molecular formula is C18H33N7O7. The highest BCUT2D eigenvalue weighted by Crippen LogP contribution is 2.10. The molecule has 0 saturated carbocycles. The van der Waals surface area contributed by atoms with Gasteiger partial charge in [-0.1, -0.05) is 20.3 Å². The fourth-order valence-electron chi connectivity index (χ4n) is 2.56. The van der Waals surface area contributed by atoms with Gasteiger partial charge in [-0.3, -0.25) is 29.0 Å². The summed E-state index contributed by atoms with van der Waals surface area (Å²) < 4.78 is 0. The molecule has 14 heteroatoms. The van der Waals surface area contributed by atoms with Crippen LogP contribution in [0.4, 0.5) is 0 Å². The predicted molar refractivity (Wildman–Crippen MR) is 114 cm³/mol. The Morgan fingerprint density at radius 3 is 2.09 bits per heavy atom. The second-order valence-electron chi connectivity index (χ2n) is 7.20. The number of carbonyl (C=O) groups excluding carboxylic acids is 3. The van der Waals surface area contributed by atoms with E-state index in [0.29, 0.717) is 12.8 Å². The molecule has 3 amide bonds. The molecule has 0 aromatic carbocycles. The zero-order chi connectivity index (χ0) is 24.8. The average Bonchev–Trinajstić information content (AvgIpc) is 2.70. The summed E-state index contributed by atoms with van der Waals surface area (Å²) in [5.41, 5.74) is 16.0. The lowest BCUT2D eigenvalue weighted by Gasteiger charge is -2.27. The molecule has 4 unspecified atom stereocenters. The summed E-state index contributed by atoms with van der Waals surface area (Å²) in [5.74, 6) is -5.31. The van der Waals surface area contributed by atoms with Crippen LogP contribution in [0.15, 0.2) is 4.99 Å². The van der Waals surface area contributed by atoms with E-state index in [-0.39, 0.29) is 24.8 Å². The zero-order valence-corrected chi connectivity index (χ0v) is 18.2. The summed E-state index contributed by atoms with van der Waals surface area (Å²) in [6.07, 6.45) is 0.249. The number of nitrogens with one attached hydrogen (secondary N) is 3. The number of hydrogen-bond acceptors (Lipinski definition) is 7. The molecule has 0 aromatic heterocycles. The molecule has 32 heavy (non-hydrogen) atoms. The largest absolute Gasteiger partial charge is 0.481 e. The van der Waals surface area contributed by atoms with E-state index >= 15 is 0 Å². The van der Waals surface area contributed by atoms with Gasteiger partial charge >= 0.3 is 11.9 Å². The first-order valence-corrected chi connectivity index (χ1v) is 10.0. The smallest absolute Gasteiger partial charge is 0.322 e. The topological polar surface area (TPSA) is 252 Å². The standard InChI is InChI=1S/C18H33N7O7/c1-3-9(2)14(25-15(30)10(19)7-12(26)27)17(32)24-11(5-4-6-22-18(20)21)16(31)23-8-13(28)29/h9-11,14H,3-8,19H2,1-2H3,(H,23,31)(H,24,32)(H,25,30)(H,26,27)(H,28,29)(H4,20,21,22). The first-order valence-electron chi connectivity index (χ1n) is 10.0. The first kappa shape index (κ1) is 28.6. The lowest BCUT2D eigenvalue weighted by molar-refractivity contribution is -0.140. The van der Waals surface area contributed by atoms with Gasteiger partial charge in [0.25, 0.3) is 0 Å². The van der Waals surface area contributed by atoms with Crippen molar-refractivity contribution >= 4 is 35.6 Å². The number of hydrogen-bond donors (Lipinski definition) is 8. The Morgan fingerprint density at radius 2 is 1.59 bits per heavy atom. The van der Waals surface area contributed by atoms with Crippen LogP contribution in [0.2, 0.25) is 0 Å². The van der Waals surface area contributed by atoms with Crippen LogP contribution in [-0.2, 0) is 24.0 Å². The number of guanidine groups is 1. The molecule has 4 atom stereocenters. The number of aliphatic imine (C=N–C) groups is 1. The molecule has 0 saturated heterocycles. The third-order valence-electron chi connectivity index (χ3n) is 4.52. The monoisotopic (exact) mass is 459 g/mol. The van der Waals surface area contributed by atoms with E-state index in [0.717, 1.165) is 0 Å². The molecule has 0 rings (SSSR count). The fourth-order valence-corrected chi connectivity index (χ4v) is 2.56. The number of carbonyl (C=O) groups is 5. The summed E-state index contributed by atoms with van der Waals surface area (Å²) in [6.45, 7) is 3.00. The Bertz CT molecular complexity index is 710. The van der Waals surface area contributed by atoms with Crippen LogP contribution in [0, 0.1) is 5.92 Å². The van der Waals surface area contributed by atoms with Crippen LogP contribution in [0.3, 0.4) is 0 Å². The van der Waals surface area contributed by atoms with Gasteiger partial charge in [0.05, 0.1) is 12.5 Å². The van der Waals surface area contributed by atoms with Crippen LogP contribution < -0.4 is 33.2 Å². The van der Waals surface area contributed by atoms with Crippen LogP contribution in [-0.4, -0.2) is 77.0 Å².